The monoisotopic (exact) mass is 236 g/mol. The van der Waals surface area contributed by atoms with Gasteiger partial charge in [0.25, 0.3) is 5.69 Å². The Bertz CT molecular complexity index is 406. The number of nitro benzene ring substituents is 1. The second-order valence-corrected chi connectivity index (χ2v) is 2.88. The van der Waals surface area contributed by atoms with Gasteiger partial charge in [0, 0.05) is 12.1 Å². The van der Waals surface area contributed by atoms with Crippen molar-refractivity contribution in [2.45, 2.75) is 6.18 Å². The van der Waals surface area contributed by atoms with E-state index in [0.717, 1.165) is 18.2 Å². The molecule has 0 atom stereocenters. The van der Waals surface area contributed by atoms with Crippen molar-refractivity contribution in [2.75, 3.05) is 12.3 Å². The van der Waals surface area contributed by atoms with Crippen LogP contribution in [-0.2, 0) is 0 Å². The summed E-state index contributed by atoms with van der Waals surface area (Å²) in [7, 11) is 0. The van der Waals surface area contributed by atoms with Crippen molar-refractivity contribution in [3.8, 4) is 5.75 Å². The molecule has 5 nitrogen and oxygen atoms in total. The van der Waals surface area contributed by atoms with Gasteiger partial charge in [-0.25, -0.2) is 0 Å². The lowest BCUT2D eigenvalue weighted by molar-refractivity contribution is -0.384. The fraction of sp³-hybridized carbons (Fsp3) is 0.250. The molecule has 0 aromatic heterocycles. The molecule has 0 unspecified atom stereocenters. The number of ether oxygens (including phenoxy) is 1. The highest BCUT2D eigenvalue weighted by Gasteiger charge is 2.28. The molecule has 0 saturated heterocycles. The molecule has 0 spiro atoms. The molecule has 0 radical (unpaired) electrons. The minimum absolute atomic E-state index is 0.210. The van der Waals surface area contributed by atoms with Crippen LogP contribution in [0.15, 0.2) is 18.2 Å². The highest BCUT2D eigenvalue weighted by molar-refractivity contribution is 5.58. The lowest BCUT2D eigenvalue weighted by Gasteiger charge is -2.10. The standard InChI is InChI=1S/C8H7F3N2O3/c9-8(10,11)4-16-7-2-1-5(13(14)15)3-6(7)12/h1-3H,4,12H2. The number of nitro groups is 1. The summed E-state index contributed by atoms with van der Waals surface area (Å²) in [5, 5.41) is 10.3. The van der Waals surface area contributed by atoms with Gasteiger partial charge in [-0.2, -0.15) is 13.2 Å². The summed E-state index contributed by atoms with van der Waals surface area (Å²) in [6.07, 6.45) is -4.48. The Hall–Kier alpha value is -1.99. The summed E-state index contributed by atoms with van der Waals surface area (Å²) < 4.78 is 39.8. The smallest absolute Gasteiger partial charge is 0.422 e. The Labute approximate surface area is 87.8 Å². The van der Waals surface area contributed by atoms with E-state index in [4.69, 9.17) is 5.73 Å². The highest BCUT2D eigenvalue weighted by Crippen LogP contribution is 2.27. The van der Waals surface area contributed by atoms with E-state index in [1.165, 1.54) is 0 Å². The van der Waals surface area contributed by atoms with E-state index >= 15 is 0 Å². The Morgan fingerprint density at radius 1 is 1.44 bits per heavy atom. The van der Waals surface area contributed by atoms with E-state index in [1.807, 2.05) is 0 Å². The third-order valence-corrected chi connectivity index (χ3v) is 1.60. The van der Waals surface area contributed by atoms with Gasteiger partial charge in [0.15, 0.2) is 6.61 Å². The van der Waals surface area contributed by atoms with Crippen molar-refractivity contribution in [3.63, 3.8) is 0 Å². The third-order valence-electron chi connectivity index (χ3n) is 1.60. The van der Waals surface area contributed by atoms with Gasteiger partial charge in [-0.15, -0.1) is 0 Å². The van der Waals surface area contributed by atoms with E-state index in [1.54, 1.807) is 0 Å². The van der Waals surface area contributed by atoms with Gasteiger partial charge in [0.1, 0.15) is 5.75 Å². The van der Waals surface area contributed by atoms with Crippen molar-refractivity contribution >= 4 is 11.4 Å². The predicted octanol–water partition coefficient (Wildman–Crippen LogP) is 2.12. The van der Waals surface area contributed by atoms with Crippen molar-refractivity contribution in [3.05, 3.63) is 28.3 Å². The van der Waals surface area contributed by atoms with Gasteiger partial charge in [0.2, 0.25) is 0 Å². The zero-order valence-electron chi connectivity index (χ0n) is 7.82. The van der Waals surface area contributed by atoms with Crippen LogP contribution in [0.4, 0.5) is 24.5 Å². The molecule has 16 heavy (non-hydrogen) atoms. The van der Waals surface area contributed by atoms with Crippen molar-refractivity contribution in [2.24, 2.45) is 0 Å². The molecular weight excluding hydrogens is 229 g/mol. The number of anilines is 1. The van der Waals surface area contributed by atoms with Crippen molar-refractivity contribution < 1.29 is 22.8 Å². The molecule has 0 aliphatic heterocycles. The molecular formula is C8H7F3N2O3. The van der Waals surface area contributed by atoms with E-state index in [0.29, 0.717) is 0 Å². The quantitative estimate of drug-likeness (QED) is 0.495. The topological polar surface area (TPSA) is 78.4 Å². The maximum Gasteiger partial charge on any atom is 0.422 e. The number of hydrogen-bond acceptors (Lipinski definition) is 4. The Balaban J connectivity index is 2.80. The normalized spacial score (nSPS) is 11.2. The van der Waals surface area contributed by atoms with Crippen LogP contribution in [0.3, 0.4) is 0 Å². The molecule has 8 heteroatoms. The van der Waals surface area contributed by atoms with Gasteiger partial charge in [0.05, 0.1) is 10.6 Å². The summed E-state index contributed by atoms with van der Waals surface area (Å²) in [5.74, 6) is -0.233. The number of alkyl halides is 3. The highest BCUT2D eigenvalue weighted by atomic mass is 19.4. The van der Waals surface area contributed by atoms with E-state index in [9.17, 15) is 23.3 Å². The van der Waals surface area contributed by atoms with Gasteiger partial charge in [-0.3, -0.25) is 10.1 Å². The molecule has 1 aromatic rings. The number of benzene rings is 1. The first-order valence-corrected chi connectivity index (χ1v) is 4.03. The second kappa shape index (κ2) is 4.25. The molecule has 0 fully saturated rings. The SMILES string of the molecule is Nc1cc([N+](=O)[O-])ccc1OCC(F)(F)F. The summed E-state index contributed by atoms with van der Waals surface area (Å²) >= 11 is 0. The zero-order valence-corrected chi connectivity index (χ0v) is 7.82. The van der Waals surface area contributed by atoms with Crippen LogP contribution in [-0.4, -0.2) is 17.7 Å². The Morgan fingerprint density at radius 3 is 2.50 bits per heavy atom. The maximum absolute atomic E-state index is 11.8. The molecule has 2 N–H and O–H groups in total. The zero-order chi connectivity index (χ0) is 12.3. The predicted molar refractivity (Wildman–Crippen MR) is 49.1 cm³/mol. The second-order valence-electron chi connectivity index (χ2n) is 2.88. The Morgan fingerprint density at radius 2 is 2.06 bits per heavy atom. The van der Waals surface area contributed by atoms with Crippen molar-refractivity contribution in [1.29, 1.82) is 0 Å². The number of nitrogens with zero attached hydrogens (tertiary/aromatic N) is 1. The average Bonchev–Trinajstić information content (AvgIpc) is 2.14. The van der Waals surface area contributed by atoms with Gasteiger partial charge in [-0.1, -0.05) is 0 Å². The number of rotatable bonds is 3. The number of halogens is 3. The van der Waals surface area contributed by atoms with Crippen LogP contribution in [0, 0.1) is 10.1 Å². The number of hydrogen-bond donors (Lipinski definition) is 1. The molecule has 1 aromatic carbocycles. The van der Waals surface area contributed by atoms with Crippen LogP contribution in [0.25, 0.3) is 0 Å². The number of nitrogen functional groups attached to an aromatic ring is 1. The van der Waals surface area contributed by atoms with E-state index in [-0.39, 0.29) is 17.1 Å². The van der Waals surface area contributed by atoms with Crippen LogP contribution in [0.5, 0.6) is 5.75 Å². The van der Waals surface area contributed by atoms with E-state index in [2.05, 4.69) is 4.74 Å². The molecule has 0 aliphatic rings. The van der Waals surface area contributed by atoms with Crippen LogP contribution in [0.1, 0.15) is 0 Å². The summed E-state index contributed by atoms with van der Waals surface area (Å²) in [6.45, 7) is -1.49. The summed E-state index contributed by atoms with van der Waals surface area (Å²) in [5.41, 5.74) is 4.77. The minimum atomic E-state index is -4.48. The summed E-state index contributed by atoms with van der Waals surface area (Å²) in [4.78, 5) is 9.61. The largest absolute Gasteiger partial charge is 0.482 e. The summed E-state index contributed by atoms with van der Waals surface area (Å²) in [6, 6.07) is 2.98. The fourth-order valence-electron chi connectivity index (χ4n) is 0.940. The van der Waals surface area contributed by atoms with Crippen LogP contribution in [0.2, 0.25) is 0 Å². The molecule has 0 aliphatic carbocycles. The third kappa shape index (κ3) is 3.30. The lowest BCUT2D eigenvalue weighted by Crippen LogP contribution is -2.19. The molecule has 0 heterocycles. The van der Waals surface area contributed by atoms with Gasteiger partial charge >= 0.3 is 6.18 Å². The molecule has 88 valence electrons. The average molecular weight is 236 g/mol. The number of nitrogens with two attached hydrogens (primary N) is 1. The fourth-order valence-corrected chi connectivity index (χ4v) is 0.940. The maximum atomic E-state index is 11.8. The van der Waals surface area contributed by atoms with Crippen molar-refractivity contribution in [1.82, 2.24) is 0 Å². The first-order valence-electron chi connectivity index (χ1n) is 4.03. The lowest BCUT2D eigenvalue weighted by atomic mass is 10.2. The first kappa shape index (κ1) is 12.1. The van der Waals surface area contributed by atoms with Crippen LogP contribution >= 0.6 is 0 Å². The first-order chi connectivity index (χ1) is 7.29. The molecule has 0 saturated carbocycles. The minimum Gasteiger partial charge on any atom is -0.482 e. The Kier molecular flexibility index (Phi) is 3.21. The van der Waals surface area contributed by atoms with Gasteiger partial charge in [-0.05, 0) is 6.07 Å². The molecule has 1 rings (SSSR count). The van der Waals surface area contributed by atoms with Crippen LogP contribution < -0.4 is 10.5 Å². The molecule has 0 amide bonds. The number of non-ortho nitro benzene ring substituents is 1. The molecule has 0 bridgehead atoms. The van der Waals surface area contributed by atoms with E-state index < -0.39 is 17.7 Å². The van der Waals surface area contributed by atoms with Gasteiger partial charge < -0.3 is 10.5 Å².